The van der Waals surface area contributed by atoms with Gasteiger partial charge in [-0.3, -0.25) is 14.7 Å². The van der Waals surface area contributed by atoms with Crippen molar-refractivity contribution in [3.63, 3.8) is 0 Å². The zero-order valence-electron chi connectivity index (χ0n) is 16.8. The van der Waals surface area contributed by atoms with Crippen LogP contribution in [-0.2, 0) is 22.4 Å². The van der Waals surface area contributed by atoms with Crippen LogP contribution in [0.3, 0.4) is 0 Å². The van der Waals surface area contributed by atoms with Gasteiger partial charge in [0, 0.05) is 44.2 Å². The third-order valence-corrected chi connectivity index (χ3v) is 5.56. The molecule has 2 heterocycles. The van der Waals surface area contributed by atoms with E-state index >= 15 is 0 Å². The number of carbonyl (C=O) groups is 2. The molecule has 1 aromatic carbocycles. The predicted molar refractivity (Wildman–Crippen MR) is 106 cm³/mol. The molecular formula is C21H27FN4O3. The molecule has 8 heteroatoms. The van der Waals surface area contributed by atoms with Gasteiger partial charge >= 0.3 is 0 Å². The van der Waals surface area contributed by atoms with Gasteiger partial charge < -0.3 is 15.0 Å². The number of aromatic nitrogens is 2. The van der Waals surface area contributed by atoms with Crippen LogP contribution in [0.4, 0.5) is 4.39 Å². The summed E-state index contributed by atoms with van der Waals surface area (Å²) in [7, 11) is 3.26. The maximum Gasteiger partial charge on any atom is 0.222 e. The Hall–Kier alpha value is -2.90. The summed E-state index contributed by atoms with van der Waals surface area (Å²) >= 11 is 0. The highest BCUT2D eigenvalue weighted by Gasteiger charge is 2.38. The Kier molecular flexibility index (Phi) is 6.51. The molecule has 2 aromatic rings. The second-order valence-electron chi connectivity index (χ2n) is 7.63. The molecule has 1 fully saturated rings. The standard InChI is InChI=1S/C21H27FN4O3/c1-26(10-7-15-13-23-24-14-15)20(28)6-9-21(8-5-19(27)25-21)12-16-3-4-17(29-2)11-18(16)22/h3-4,11,13-14H,5-10,12H2,1-2H3,(H,23,24)(H,25,27)/t21-/m1/s1. The number of aromatic amines is 1. The minimum atomic E-state index is -0.604. The fourth-order valence-electron chi connectivity index (χ4n) is 3.72. The number of hydrogen-bond donors (Lipinski definition) is 2. The van der Waals surface area contributed by atoms with Crippen LogP contribution in [-0.4, -0.2) is 53.2 Å². The highest BCUT2D eigenvalue weighted by Crippen LogP contribution is 2.31. The Morgan fingerprint density at radius 1 is 1.41 bits per heavy atom. The van der Waals surface area contributed by atoms with Crippen molar-refractivity contribution in [2.45, 2.75) is 44.1 Å². The summed E-state index contributed by atoms with van der Waals surface area (Å²) in [5.41, 5.74) is 0.945. The Balaban J connectivity index is 1.61. The van der Waals surface area contributed by atoms with Crippen molar-refractivity contribution >= 4 is 11.8 Å². The van der Waals surface area contributed by atoms with Crippen LogP contribution in [0.25, 0.3) is 0 Å². The summed E-state index contributed by atoms with van der Waals surface area (Å²) in [5, 5.41) is 9.66. The van der Waals surface area contributed by atoms with Crippen molar-refractivity contribution in [3.8, 4) is 5.75 Å². The zero-order valence-corrected chi connectivity index (χ0v) is 16.8. The van der Waals surface area contributed by atoms with Crippen LogP contribution in [0, 0.1) is 5.82 Å². The van der Waals surface area contributed by atoms with E-state index in [1.54, 1.807) is 30.3 Å². The van der Waals surface area contributed by atoms with Gasteiger partial charge in [0.25, 0.3) is 0 Å². The molecule has 0 aliphatic carbocycles. The summed E-state index contributed by atoms with van der Waals surface area (Å²) < 4.78 is 19.5. The predicted octanol–water partition coefficient (Wildman–Crippen LogP) is 2.23. The second-order valence-corrected chi connectivity index (χ2v) is 7.63. The van der Waals surface area contributed by atoms with E-state index < -0.39 is 5.54 Å². The molecule has 7 nitrogen and oxygen atoms in total. The lowest BCUT2D eigenvalue weighted by Crippen LogP contribution is -2.45. The highest BCUT2D eigenvalue weighted by molar-refractivity contribution is 5.80. The van der Waals surface area contributed by atoms with E-state index in [1.807, 2.05) is 6.20 Å². The number of amides is 2. The molecule has 0 bridgehead atoms. The first kappa shape index (κ1) is 20.8. The molecule has 1 aliphatic rings. The van der Waals surface area contributed by atoms with Gasteiger partial charge in [-0.05, 0) is 42.9 Å². The van der Waals surface area contributed by atoms with Gasteiger partial charge in [-0.2, -0.15) is 5.10 Å². The van der Waals surface area contributed by atoms with Crippen molar-refractivity contribution in [3.05, 3.63) is 47.5 Å². The topological polar surface area (TPSA) is 87.3 Å². The van der Waals surface area contributed by atoms with Gasteiger partial charge in [0.05, 0.1) is 13.3 Å². The molecule has 0 unspecified atom stereocenters. The summed E-state index contributed by atoms with van der Waals surface area (Å²) in [6.07, 6.45) is 6.36. The Labute approximate surface area is 169 Å². The first-order chi connectivity index (χ1) is 13.9. The monoisotopic (exact) mass is 402 g/mol. The van der Waals surface area contributed by atoms with E-state index in [0.29, 0.717) is 50.0 Å². The lowest BCUT2D eigenvalue weighted by Gasteiger charge is -2.30. The normalized spacial score (nSPS) is 18.5. The lowest BCUT2D eigenvalue weighted by atomic mass is 9.84. The molecule has 2 N–H and O–H groups in total. The van der Waals surface area contributed by atoms with E-state index in [-0.39, 0.29) is 17.6 Å². The van der Waals surface area contributed by atoms with Crippen LogP contribution in [0.1, 0.15) is 36.8 Å². The molecule has 3 rings (SSSR count). The third-order valence-electron chi connectivity index (χ3n) is 5.56. The number of hydrogen-bond acceptors (Lipinski definition) is 4. The number of ether oxygens (including phenoxy) is 1. The van der Waals surface area contributed by atoms with E-state index in [1.165, 1.54) is 13.2 Å². The Bertz CT molecular complexity index is 856. The number of likely N-dealkylation sites (N-methyl/N-ethyl adjacent to an activating group) is 1. The quantitative estimate of drug-likeness (QED) is 0.673. The van der Waals surface area contributed by atoms with Crippen molar-refractivity contribution in [2.75, 3.05) is 20.7 Å². The number of methoxy groups -OCH3 is 1. The number of rotatable bonds is 9. The SMILES string of the molecule is COc1ccc(C[C@]2(CCC(=O)N(C)CCc3cn[nH]c3)CCC(=O)N2)c(F)c1. The number of halogens is 1. The number of nitrogens with one attached hydrogen (secondary N) is 2. The van der Waals surface area contributed by atoms with Crippen LogP contribution in [0.2, 0.25) is 0 Å². The molecule has 2 amide bonds. The molecule has 29 heavy (non-hydrogen) atoms. The molecule has 0 saturated carbocycles. The summed E-state index contributed by atoms with van der Waals surface area (Å²) in [4.78, 5) is 26.2. The summed E-state index contributed by atoms with van der Waals surface area (Å²) in [5.74, 6) is 0.0301. The van der Waals surface area contributed by atoms with Crippen molar-refractivity contribution < 1.29 is 18.7 Å². The first-order valence-electron chi connectivity index (χ1n) is 9.76. The van der Waals surface area contributed by atoms with Gasteiger partial charge in [-0.15, -0.1) is 0 Å². The molecular weight excluding hydrogens is 375 g/mol. The van der Waals surface area contributed by atoms with Gasteiger partial charge in [-0.25, -0.2) is 4.39 Å². The van der Waals surface area contributed by atoms with Crippen LogP contribution in [0.5, 0.6) is 5.75 Å². The molecule has 156 valence electrons. The molecule has 0 spiro atoms. The fourth-order valence-corrected chi connectivity index (χ4v) is 3.72. The number of carbonyl (C=O) groups excluding carboxylic acids is 2. The van der Waals surface area contributed by atoms with Gasteiger partial charge in [0.1, 0.15) is 11.6 Å². The number of H-pyrrole nitrogens is 1. The largest absolute Gasteiger partial charge is 0.497 e. The fraction of sp³-hybridized carbons (Fsp3) is 0.476. The summed E-state index contributed by atoms with van der Waals surface area (Å²) in [6.45, 7) is 0.588. The van der Waals surface area contributed by atoms with E-state index in [0.717, 1.165) is 12.0 Å². The maximum atomic E-state index is 14.4. The molecule has 1 aromatic heterocycles. The Morgan fingerprint density at radius 3 is 2.86 bits per heavy atom. The number of nitrogens with zero attached hydrogens (tertiary/aromatic N) is 2. The van der Waals surface area contributed by atoms with Crippen LogP contribution >= 0.6 is 0 Å². The van der Waals surface area contributed by atoms with Crippen LogP contribution in [0.15, 0.2) is 30.6 Å². The minimum Gasteiger partial charge on any atom is -0.497 e. The van der Waals surface area contributed by atoms with Gasteiger partial charge in [-0.1, -0.05) is 6.07 Å². The third kappa shape index (κ3) is 5.34. The molecule has 1 saturated heterocycles. The van der Waals surface area contributed by atoms with E-state index in [9.17, 15) is 14.0 Å². The highest BCUT2D eigenvalue weighted by atomic mass is 19.1. The number of benzene rings is 1. The van der Waals surface area contributed by atoms with Crippen LogP contribution < -0.4 is 10.1 Å². The molecule has 1 aliphatic heterocycles. The van der Waals surface area contributed by atoms with Crippen molar-refractivity contribution in [2.24, 2.45) is 0 Å². The van der Waals surface area contributed by atoms with Gasteiger partial charge in [0.2, 0.25) is 11.8 Å². The maximum absolute atomic E-state index is 14.4. The Morgan fingerprint density at radius 2 is 2.24 bits per heavy atom. The first-order valence-corrected chi connectivity index (χ1v) is 9.76. The minimum absolute atomic E-state index is 0.00391. The molecule has 1 atom stereocenters. The molecule has 0 radical (unpaired) electrons. The van der Waals surface area contributed by atoms with Gasteiger partial charge in [0.15, 0.2) is 0 Å². The average molecular weight is 402 g/mol. The van der Waals surface area contributed by atoms with E-state index in [2.05, 4.69) is 15.5 Å². The second kappa shape index (κ2) is 9.07. The zero-order chi connectivity index (χ0) is 20.9. The lowest BCUT2D eigenvalue weighted by molar-refractivity contribution is -0.130. The van der Waals surface area contributed by atoms with Crippen molar-refractivity contribution in [1.29, 1.82) is 0 Å². The summed E-state index contributed by atoms with van der Waals surface area (Å²) in [6, 6.07) is 4.73. The van der Waals surface area contributed by atoms with E-state index in [4.69, 9.17) is 4.74 Å². The smallest absolute Gasteiger partial charge is 0.222 e. The van der Waals surface area contributed by atoms with Crippen molar-refractivity contribution in [1.82, 2.24) is 20.4 Å². The average Bonchev–Trinajstić information content (AvgIpc) is 3.36.